The minimum absolute atomic E-state index is 0.470. The molecule has 0 saturated carbocycles. The number of thiophene rings is 1. The first kappa shape index (κ1) is 21.0. The van der Waals surface area contributed by atoms with Gasteiger partial charge in [-0.05, 0) is 74.3 Å². The van der Waals surface area contributed by atoms with Crippen LogP contribution in [-0.2, 0) is 13.1 Å². The molecule has 2 aromatic carbocycles. The monoisotopic (exact) mass is 422 g/mol. The van der Waals surface area contributed by atoms with Gasteiger partial charge in [0.25, 0.3) is 0 Å². The van der Waals surface area contributed by atoms with Crippen molar-refractivity contribution in [3.05, 3.63) is 70.1 Å². The molecule has 0 bridgehead atoms. The number of nitrogens with one attached hydrogen (secondary N) is 1. The van der Waals surface area contributed by atoms with Gasteiger partial charge in [-0.25, -0.2) is 4.79 Å². The highest BCUT2D eigenvalue weighted by atomic mass is 32.1. The summed E-state index contributed by atoms with van der Waals surface area (Å²) < 4.78 is 1.06. The number of hydrogen-bond acceptors (Lipinski definition) is 4. The third-order valence-electron chi connectivity index (χ3n) is 6.13. The summed E-state index contributed by atoms with van der Waals surface area (Å²) in [5.41, 5.74) is 3.50. The van der Waals surface area contributed by atoms with Gasteiger partial charge in [0.15, 0.2) is 0 Å². The number of carboxylic acid groups (broad SMARTS) is 1. The summed E-state index contributed by atoms with van der Waals surface area (Å²) in [4.78, 5) is 14.7. The molecular weight excluding hydrogens is 392 g/mol. The van der Waals surface area contributed by atoms with Crippen LogP contribution < -0.4 is 5.32 Å². The molecular formula is C25H30N2O2S. The third kappa shape index (κ3) is 5.09. The number of hydrogen-bond donors (Lipinski definition) is 2. The van der Waals surface area contributed by atoms with E-state index in [-0.39, 0.29) is 0 Å². The number of fused-ring (bicyclic) bond motifs is 1. The van der Waals surface area contributed by atoms with Crippen LogP contribution in [0.4, 0.5) is 0 Å². The van der Waals surface area contributed by atoms with Crippen molar-refractivity contribution in [2.45, 2.75) is 39.3 Å². The Morgan fingerprint density at radius 2 is 1.93 bits per heavy atom. The zero-order chi connectivity index (χ0) is 20.9. The lowest BCUT2D eigenvalue weighted by molar-refractivity contribution is 0.0701. The number of carboxylic acids is 1. The Labute approximate surface area is 182 Å². The van der Waals surface area contributed by atoms with Crippen LogP contribution in [0, 0.1) is 12.8 Å². The SMILES string of the molecule is Cc1ccc2sc(C(=O)O)c(CNCCC3CCN(Cc4ccccc4)CC3)c2c1. The zero-order valence-corrected chi connectivity index (χ0v) is 18.4. The van der Waals surface area contributed by atoms with E-state index in [4.69, 9.17) is 0 Å². The fraction of sp³-hybridized carbons (Fsp3) is 0.400. The minimum Gasteiger partial charge on any atom is -0.477 e. The highest BCUT2D eigenvalue weighted by Gasteiger charge is 2.20. The smallest absolute Gasteiger partial charge is 0.346 e. The largest absolute Gasteiger partial charge is 0.477 e. The molecule has 0 aliphatic carbocycles. The fourth-order valence-electron chi connectivity index (χ4n) is 4.41. The Bertz CT molecular complexity index is 991. The van der Waals surface area contributed by atoms with E-state index in [1.807, 2.05) is 12.1 Å². The summed E-state index contributed by atoms with van der Waals surface area (Å²) in [5.74, 6) is -0.0682. The van der Waals surface area contributed by atoms with E-state index >= 15 is 0 Å². The summed E-state index contributed by atoms with van der Waals surface area (Å²) >= 11 is 1.38. The van der Waals surface area contributed by atoms with Gasteiger partial charge < -0.3 is 10.4 Å². The van der Waals surface area contributed by atoms with Crippen molar-refractivity contribution in [1.82, 2.24) is 10.2 Å². The number of piperidine rings is 1. The second kappa shape index (κ2) is 9.73. The Kier molecular flexibility index (Phi) is 6.82. The number of carbonyl (C=O) groups is 1. The molecule has 2 heterocycles. The molecule has 4 rings (SSSR count). The maximum Gasteiger partial charge on any atom is 0.346 e. The van der Waals surface area contributed by atoms with Crippen LogP contribution in [0.15, 0.2) is 48.5 Å². The van der Waals surface area contributed by atoms with E-state index in [0.29, 0.717) is 11.4 Å². The van der Waals surface area contributed by atoms with E-state index in [9.17, 15) is 9.90 Å². The first-order valence-electron chi connectivity index (χ1n) is 10.8. The summed E-state index contributed by atoms with van der Waals surface area (Å²) in [7, 11) is 0. The van der Waals surface area contributed by atoms with Gasteiger partial charge in [-0.15, -0.1) is 11.3 Å². The van der Waals surface area contributed by atoms with E-state index in [2.05, 4.69) is 53.5 Å². The topological polar surface area (TPSA) is 52.6 Å². The van der Waals surface area contributed by atoms with E-state index in [1.165, 1.54) is 35.3 Å². The van der Waals surface area contributed by atoms with Crippen LogP contribution in [0.2, 0.25) is 0 Å². The molecule has 5 heteroatoms. The van der Waals surface area contributed by atoms with Gasteiger partial charge in [0.2, 0.25) is 0 Å². The summed E-state index contributed by atoms with van der Waals surface area (Å²) in [6.07, 6.45) is 3.65. The number of likely N-dealkylation sites (tertiary alicyclic amines) is 1. The summed E-state index contributed by atoms with van der Waals surface area (Å²) in [6, 6.07) is 16.9. The van der Waals surface area contributed by atoms with Crippen molar-refractivity contribution < 1.29 is 9.90 Å². The van der Waals surface area contributed by atoms with Crippen LogP contribution in [-0.4, -0.2) is 35.6 Å². The van der Waals surface area contributed by atoms with Gasteiger partial charge in [0.05, 0.1) is 0 Å². The maximum absolute atomic E-state index is 11.7. The van der Waals surface area contributed by atoms with Crippen molar-refractivity contribution in [3.63, 3.8) is 0 Å². The van der Waals surface area contributed by atoms with Crippen molar-refractivity contribution >= 4 is 27.4 Å². The number of rotatable bonds is 8. The Balaban J connectivity index is 1.25. The molecule has 0 spiro atoms. The molecule has 30 heavy (non-hydrogen) atoms. The first-order chi connectivity index (χ1) is 14.6. The lowest BCUT2D eigenvalue weighted by Crippen LogP contribution is -2.34. The molecule has 0 unspecified atom stereocenters. The predicted molar refractivity (Wildman–Crippen MR) is 124 cm³/mol. The molecule has 1 aliphatic heterocycles. The molecule has 158 valence electrons. The predicted octanol–water partition coefficient (Wildman–Crippen LogP) is 5.30. The van der Waals surface area contributed by atoms with Gasteiger partial charge >= 0.3 is 5.97 Å². The average molecular weight is 423 g/mol. The second-order valence-electron chi connectivity index (χ2n) is 8.39. The summed E-state index contributed by atoms with van der Waals surface area (Å²) in [5, 5.41) is 14.2. The Morgan fingerprint density at radius 1 is 1.17 bits per heavy atom. The Morgan fingerprint density at radius 3 is 2.67 bits per heavy atom. The first-order valence-corrected chi connectivity index (χ1v) is 11.6. The molecule has 4 nitrogen and oxygen atoms in total. The quantitative estimate of drug-likeness (QED) is 0.484. The molecule has 0 radical (unpaired) electrons. The van der Waals surface area contributed by atoms with Crippen LogP contribution in [0.3, 0.4) is 0 Å². The van der Waals surface area contributed by atoms with Gasteiger partial charge in [0.1, 0.15) is 4.88 Å². The number of aryl methyl sites for hydroxylation is 1. The van der Waals surface area contributed by atoms with Crippen molar-refractivity contribution in [2.75, 3.05) is 19.6 Å². The molecule has 0 amide bonds. The van der Waals surface area contributed by atoms with Crippen LogP contribution in [0.5, 0.6) is 0 Å². The number of aromatic carboxylic acids is 1. The van der Waals surface area contributed by atoms with E-state index in [0.717, 1.165) is 54.2 Å². The zero-order valence-electron chi connectivity index (χ0n) is 17.6. The van der Waals surface area contributed by atoms with Gasteiger partial charge in [-0.1, -0.05) is 48.0 Å². The lowest BCUT2D eigenvalue weighted by Gasteiger charge is -2.32. The van der Waals surface area contributed by atoms with Crippen LogP contribution in [0.1, 0.15) is 45.6 Å². The second-order valence-corrected chi connectivity index (χ2v) is 9.44. The molecule has 1 aliphatic rings. The lowest BCUT2D eigenvalue weighted by atomic mass is 9.93. The number of nitrogens with zero attached hydrogens (tertiary/aromatic N) is 1. The molecule has 2 N–H and O–H groups in total. The van der Waals surface area contributed by atoms with Gasteiger partial charge in [-0.3, -0.25) is 4.90 Å². The van der Waals surface area contributed by atoms with Crippen LogP contribution >= 0.6 is 11.3 Å². The molecule has 1 aromatic heterocycles. The van der Waals surface area contributed by atoms with Gasteiger partial charge in [-0.2, -0.15) is 0 Å². The molecule has 1 saturated heterocycles. The van der Waals surface area contributed by atoms with Crippen molar-refractivity contribution in [1.29, 1.82) is 0 Å². The normalized spacial score (nSPS) is 15.6. The highest BCUT2D eigenvalue weighted by molar-refractivity contribution is 7.21. The highest BCUT2D eigenvalue weighted by Crippen LogP contribution is 2.32. The van der Waals surface area contributed by atoms with E-state index in [1.54, 1.807) is 0 Å². The molecule has 3 aromatic rings. The van der Waals surface area contributed by atoms with Gasteiger partial charge in [0, 0.05) is 17.8 Å². The third-order valence-corrected chi connectivity index (χ3v) is 7.33. The molecule has 0 atom stereocenters. The fourth-order valence-corrected chi connectivity index (χ4v) is 5.45. The average Bonchev–Trinajstić information content (AvgIpc) is 3.11. The van der Waals surface area contributed by atoms with Crippen molar-refractivity contribution in [3.8, 4) is 0 Å². The van der Waals surface area contributed by atoms with E-state index < -0.39 is 5.97 Å². The number of benzene rings is 2. The minimum atomic E-state index is -0.823. The standard InChI is InChI=1S/C25H30N2O2S/c1-18-7-8-23-21(15-18)22(24(30-23)25(28)29)16-26-12-9-19-10-13-27(14-11-19)17-20-5-3-2-4-6-20/h2-8,15,19,26H,9-14,16-17H2,1H3,(H,28,29). The summed E-state index contributed by atoms with van der Waals surface area (Å²) in [6.45, 7) is 6.99. The molecule has 1 fully saturated rings. The van der Waals surface area contributed by atoms with Crippen molar-refractivity contribution in [2.24, 2.45) is 5.92 Å². The Hall–Kier alpha value is -2.21. The van der Waals surface area contributed by atoms with Crippen LogP contribution in [0.25, 0.3) is 10.1 Å². The maximum atomic E-state index is 11.7.